The number of carbonyl (C=O) groups is 1. The number of halogens is 2. The molecule has 1 fully saturated rings. The Morgan fingerprint density at radius 2 is 1.94 bits per heavy atom. The van der Waals surface area contributed by atoms with Crippen molar-refractivity contribution in [1.29, 1.82) is 0 Å². The van der Waals surface area contributed by atoms with Gasteiger partial charge in [0.05, 0.1) is 21.8 Å². The second kappa shape index (κ2) is 5.34. The van der Waals surface area contributed by atoms with Gasteiger partial charge in [-0.25, -0.2) is 0 Å². The van der Waals surface area contributed by atoms with Gasteiger partial charge in [-0.2, -0.15) is 0 Å². The number of nitrogen functional groups attached to an aromatic ring is 1. The van der Waals surface area contributed by atoms with Crippen molar-refractivity contribution in [2.45, 2.75) is 18.9 Å². The fourth-order valence-corrected chi connectivity index (χ4v) is 2.32. The number of aliphatic hydroxyl groups is 1. The first-order chi connectivity index (χ1) is 8.49. The average molecular weight is 289 g/mol. The third-order valence-electron chi connectivity index (χ3n) is 3.06. The average Bonchev–Trinajstić information content (AvgIpc) is 2.35. The molecule has 18 heavy (non-hydrogen) atoms. The third-order valence-corrected chi connectivity index (χ3v) is 3.87. The highest BCUT2D eigenvalue weighted by molar-refractivity contribution is 6.43. The van der Waals surface area contributed by atoms with E-state index in [9.17, 15) is 9.90 Å². The van der Waals surface area contributed by atoms with Gasteiger partial charge in [-0.05, 0) is 25.0 Å². The number of amides is 1. The molecule has 0 unspecified atom stereocenters. The van der Waals surface area contributed by atoms with Crippen LogP contribution in [0.15, 0.2) is 12.1 Å². The SMILES string of the molecule is Nc1cc(C(=O)N2CCC(O)CC2)cc(Cl)c1Cl. The molecule has 0 bridgehead atoms. The van der Waals surface area contributed by atoms with E-state index in [-0.39, 0.29) is 22.1 Å². The summed E-state index contributed by atoms with van der Waals surface area (Å²) in [6, 6.07) is 3.05. The van der Waals surface area contributed by atoms with Crippen LogP contribution in [0.3, 0.4) is 0 Å². The van der Waals surface area contributed by atoms with Gasteiger partial charge in [0.25, 0.3) is 5.91 Å². The summed E-state index contributed by atoms with van der Waals surface area (Å²) >= 11 is 11.7. The van der Waals surface area contributed by atoms with E-state index >= 15 is 0 Å². The van der Waals surface area contributed by atoms with Crippen LogP contribution in [0.2, 0.25) is 10.0 Å². The number of hydrogen-bond acceptors (Lipinski definition) is 3. The van der Waals surface area contributed by atoms with E-state index in [1.54, 1.807) is 4.90 Å². The Morgan fingerprint density at radius 3 is 2.50 bits per heavy atom. The largest absolute Gasteiger partial charge is 0.397 e. The number of nitrogens with two attached hydrogens (primary N) is 1. The molecule has 2 rings (SSSR count). The zero-order valence-electron chi connectivity index (χ0n) is 9.70. The lowest BCUT2D eigenvalue weighted by atomic mass is 10.1. The molecule has 6 heteroatoms. The lowest BCUT2D eigenvalue weighted by molar-refractivity contribution is 0.0546. The summed E-state index contributed by atoms with van der Waals surface area (Å²) in [5, 5.41) is 9.95. The Hall–Kier alpha value is -0.970. The molecular formula is C12H14Cl2N2O2. The highest BCUT2D eigenvalue weighted by Gasteiger charge is 2.23. The fourth-order valence-electron chi connectivity index (χ4n) is 1.99. The maximum Gasteiger partial charge on any atom is 0.253 e. The predicted molar refractivity (Wildman–Crippen MR) is 72.0 cm³/mol. The molecule has 0 aromatic heterocycles. The standard InChI is InChI=1S/C12H14Cl2N2O2/c13-9-5-7(6-10(15)11(9)14)12(18)16-3-1-8(17)2-4-16/h5-6,8,17H,1-4,15H2. The van der Waals surface area contributed by atoms with Crippen LogP contribution < -0.4 is 5.73 Å². The summed E-state index contributed by atoms with van der Waals surface area (Å²) in [7, 11) is 0. The van der Waals surface area contributed by atoms with Crippen LogP contribution in [0.4, 0.5) is 5.69 Å². The van der Waals surface area contributed by atoms with Crippen LogP contribution in [-0.4, -0.2) is 35.1 Å². The van der Waals surface area contributed by atoms with Crippen molar-refractivity contribution in [2.75, 3.05) is 18.8 Å². The van der Waals surface area contributed by atoms with Crippen LogP contribution in [0.5, 0.6) is 0 Å². The smallest absolute Gasteiger partial charge is 0.253 e. The van der Waals surface area contributed by atoms with Crippen LogP contribution in [0, 0.1) is 0 Å². The van der Waals surface area contributed by atoms with E-state index in [0.717, 1.165) is 0 Å². The van der Waals surface area contributed by atoms with Crippen molar-refractivity contribution in [3.63, 3.8) is 0 Å². The number of piperidine rings is 1. The fraction of sp³-hybridized carbons (Fsp3) is 0.417. The van der Waals surface area contributed by atoms with Gasteiger partial charge in [0.2, 0.25) is 0 Å². The molecule has 0 spiro atoms. The van der Waals surface area contributed by atoms with Gasteiger partial charge in [0.15, 0.2) is 0 Å². The minimum absolute atomic E-state index is 0.132. The number of nitrogens with zero attached hydrogens (tertiary/aromatic N) is 1. The molecule has 0 aliphatic carbocycles. The van der Waals surface area contributed by atoms with E-state index in [1.165, 1.54) is 12.1 Å². The van der Waals surface area contributed by atoms with Gasteiger partial charge >= 0.3 is 0 Å². The van der Waals surface area contributed by atoms with Crippen molar-refractivity contribution in [1.82, 2.24) is 4.90 Å². The summed E-state index contributed by atoms with van der Waals surface area (Å²) < 4.78 is 0. The molecule has 1 amide bonds. The van der Waals surface area contributed by atoms with Gasteiger partial charge in [0, 0.05) is 18.7 Å². The van der Waals surface area contributed by atoms with Crippen LogP contribution in [-0.2, 0) is 0 Å². The van der Waals surface area contributed by atoms with Gasteiger partial charge in [-0.1, -0.05) is 23.2 Å². The van der Waals surface area contributed by atoms with Gasteiger partial charge in [-0.3, -0.25) is 4.79 Å². The Labute approximate surface area is 115 Å². The summed E-state index contributed by atoms with van der Waals surface area (Å²) in [5.41, 5.74) is 6.41. The molecule has 98 valence electrons. The predicted octanol–water partition coefficient (Wildman–Crippen LogP) is 2.17. The van der Waals surface area contributed by atoms with Gasteiger partial charge in [-0.15, -0.1) is 0 Å². The molecule has 4 nitrogen and oxygen atoms in total. The van der Waals surface area contributed by atoms with Crippen LogP contribution >= 0.6 is 23.2 Å². The number of hydrogen-bond donors (Lipinski definition) is 2. The topological polar surface area (TPSA) is 66.6 Å². The Kier molecular flexibility index (Phi) is 4.00. The first-order valence-corrected chi connectivity index (χ1v) is 6.46. The van der Waals surface area contributed by atoms with E-state index < -0.39 is 0 Å². The number of benzene rings is 1. The molecule has 1 aliphatic heterocycles. The number of anilines is 1. The highest BCUT2D eigenvalue weighted by atomic mass is 35.5. The Bertz CT molecular complexity index is 448. The maximum atomic E-state index is 12.2. The lowest BCUT2D eigenvalue weighted by Gasteiger charge is -2.29. The molecular weight excluding hydrogens is 275 g/mol. The summed E-state index contributed by atoms with van der Waals surface area (Å²) in [4.78, 5) is 13.9. The Balaban J connectivity index is 2.19. The monoisotopic (exact) mass is 288 g/mol. The maximum absolute atomic E-state index is 12.2. The van der Waals surface area contributed by atoms with E-state index in [0.29, 0.717) is 37.2 Å². The van der Waals surface area contributed by atoms with Crippen molar-refractivity contribution < 1.29 is 9.90 Å². The molecule has 1 aromatic rings. The Morgan fingerprint density at radius 1 is 1.33 bits per heavy atom. The quantitative estimate of drug-likeness (QED) is 0.779. The number of rotatable bonds is 1. The summed E-state index contributed by atoms with van der Waals surface area (Å²) in [6.45, 7) is 1.08. The first-order valence-electron chi connectivity index (χ1n) is 5.71. The zero-order valence-corrected chi connectivity index (χ0v) is 11.2. The molecule has 1 saturated heterocycles. The van der Waals surface area contributed by atoms with Crippen molar-refractivity contribution in [3.8, 4) is 0 Å². The molecule has 1 aliphatic rings. The summed E-state index contributed by atoms with van der Waals surface area (Å²) in [6.07, 6.45) is 0.887. The van der Waals surface area contributed by atoms with Crippen LogP contribution in [0.25, 0.3) is 0 Å². The van der Waals surface area contributed by atoms with E-state index in [2.05, 4.69) is 0 Å². The minimum atomic E-state index is -0.312. The highest BCUT2D eigenvalue weighted by Crippen LogP contribution is 2.30. The molecule has 3 N–H and O–H groups in total. The molecule has 0 atom stereocenters. The molecule has 0 radical (unpaired) electrons. The van der Waals surface area contributed by atoms with Gasteiger partial charge in [0.1, 0.15) is 0 Å². The zero-order chi connectivity index (χ0) is 13.3. The normalized spacial score (nSPS) is 16.9. The summed E-state index contributed by atoms with van der Waals surface area (Å²) in [5.74, 6) is -0.132. The number of likely N-dealkylation sites (tertiary alicyclic amines) is 1. The first kappa shape index (κ1) is 13.5. The van der Waals surface area contributed by atoms with E-state index in [4.69, 9.17) is 28.9 Å². The number of carbonyl (C=O) groups excluding carboxylic acids is 1. The second-order valence-electron chi connectivity index (χ2n) is 4.38. The second-order valence-corrected chi connectivity index (χ2v) is 5.17. The molecule has 1 aromatic carbocycles. The van der Waals surface area contributed by atoms with Crippen molar-refractivity contribution in [3.05, 3.63) is 27.7 Å². The molecule has 1 heterocycles. The van der Waals surface area contributed by atoms with Crippen molar-refractivity contribution >= 4 is 34.8 Å². The molecule has 0 saturated carbocycles. The lowest BCUT2D eigenvalue weighted by Crippen LogP contribution is -2.40. The van der Waals surface area contributed by atoms with Gasteiger partial charge < -0.3 is 15.7 Å². The van der Waals surface area contributed by atoms with Crippen LogP contribution in [0.1, 0.15) is 23.2 Å². The number of aliphatic hydroxyl groups excluding tert-OH is 1. The third kappa shape index (κ3) is 2.71. The minimum Gasteiger partial charge on any atom is -0.397 e. The van der Waals surface area contributed by atoms with E-state index in [1.807, 2.05) is 0 Å². The van der Waals surface area contributed by atoms with Crippen molar-refractivity contribution in [2.24, 2.45) is 0 Å².